The minimum atomic E-state index is -3.92. The topological polar surface area (TPSA) is 144 Å². The molecule has 1 N–H and O–H groups in total. The number of ether oxygens (including phenoxy) is 4. The predicted molar refractivity (Wildman–Crippen MR) is 104 cm³/mol. The van der Waals surface area contributed by atoms with Crippen molar-refractivity contribution in [2.75, 3.05) is 39.9 Å². The molecule has 0 saturated carbocycles. The van der Waals surface area contributed by atoms with Crippen LogP contribution in [0.15, 0.2) is 24.3 Å². The molecule has 3 atom stereocenters. The second-order valence-electron chi connectivity index (χ2n) is 6.79. The fraction of sp³-hybridized carbons (Fsp3) is 0.647. The molecule has 0 radical (unpaired) electrons. The molecule has 0 unspecified atom stereocenters. The van der Waals surface area contributed by atoms with Gasteiger partial charge in [0, 0.05) is 7.11 Å². The van der Waals surface area contributed by atoms with Crippen molar-refractivity contribution in [1.29, 1.82) is 0 Å². The van der Waals surface area contributed by atoms with Crippen molar-refractivity contribution < 1.29 is 49.3 Å². The average molecular weight is 471 g/mol. The minimum Gasteiger partial charge on any atom is -0.497 e. The van der Waals surface area contributed by atoms with Gasteiger partial charge in [0.15, 0.2) is 6.29 Å². The van der Waals surface area contributed by atoms with Crippen molar-refractivity contribution >= 4 is 20.2 Å². The summed E-state index contributed by atoms with van der Waals surface area (Å²) in [4.78, 5) is 0. The summed E-state index contributed by atoms with van der Waals surface area (Å²) in [5.74, 6) is 0.639. The van der Waals surface area contributed by atoms with Crippen molar-refractivity contribution in [3.05, 3.63) is 29.8 Å². The summed E-state index contributed by atoms with van der Waals surface area (Å²) in [5.41, 5.74) is -1.07. The Kier molecular flexibility index (Phi) is 8.21. The summed E-state index contributed by atoms with van der Waals surface area (Å²) in [7, 11) is -5.05. The number of aliphatic hydroxyl groups excluding tert-OH is 1. The summed E-state index contributed by atoms with van der Waals surface area (Å²) in [5, 5.41) is 10.6. The maximum atomic E-state index is 11.5. The molecule has 172 valence electrons. The number of methoxy groups -OCH3 is 2. The molecule has 1 heterocycles. The van der Waals surface area contributed by atoms with E-state index in [-0.39, 0.29) is 6.61 Å². The Morgan fingerprint density at radius 2 is 1.53 bits per heavy atom. The van der Waals surface area contributed by atoms with E-state index < -0.39 is 57.5 Å². The molecule has 1 aromatic rings. The lowest BCUT2D eigenvalue weighted by Crippen LogP contribution is -2.52. The molecule has 0 spiro atoms. The first-order valence-electron chi connectivity index (χ1n) is 8.71. The zero-order chi connectivity index (χ0) is 22.6. The first-order valence-corrected chi connectivity index (χ1v) is 12.3. The van der Waals surface area contributed by atoms with Crippen LogP contribution in [0.3, 0.4) is 0 Å². The van der Waals surface area contributed by atoms with Gasteiger partial charge in [-0.2, -0.15) is 16.8 Å². The Morgan fingerprint density at radius 3 is 1.97 bits per heavy atom. The summed E-state index contributed by atoms with van der Waals surface area (Å²) < 4.78 is 77.4. The van der Waals surface area contributed by atoms with E-state index in [4.69, 9.17) is 27.3 Å². The number of hydrogen-bond donors (Lipinski definition) is 1. The van der Waals surface area contributed by atoms with Crippen LogP contribution in [0.5, 0.6) is 5.75 Å². The number of benzene rings is 1. The smallest absolute Gasteiger partial charge is 0.264 e. The van der Waals surface area contributed by atoms with E-state index in [9.17, 15) is 21.9 Å². The standard InChI is InChI=1S/C17H26O11S2/c1-23-13-7-5-12(6-8-13)9-25-15-14(18)16(24-2)28-17(15,10-26-29(3,19)20)11-27-30(4,21)22/h5-8,14-16,18H,9-11H2,1-4H3/t14-,15+,16-/m0/s1. The van der Waals surface area contributed by atoms with Gasteiger partial charge in [-0.1, -0.05) is 12.1 Å². The van der Waals surface area contributed by atoms with Gasteiger partial charge >= 0.3 is 0 Å². The molecule has 11 nitrogen and oxygen atoms in total. The highest BCUT2D eigenvalue weighted by molar-refractivity contribution is 7.86. The molecule has 1 aliphatic heterocycles. The van der Waals surface area contributed by atoms with E-state index in [1.165, 1.54) is 14.2 Å². The van der Waals surface area contributed by atoms with Crippen LogP contribution in [0.2, 0.25) is 0 Å². The summed E-state index contributed by atoms with van der Waals surface area (Å²) in [6.07, 6.45) is -2.18. The minimum absolute atomic E-state index is 0.00891. The number of aliphatic hydroxyl groups is 1. The monoisotopic (exact) mass is 470 g/mol. The Bertz CT molecular complexity index is 860. The van der Waals surface area contributed by atoms with Crippen LogP contribution in [0, 0.1) is 0 Å². The van der Waals surface area contributed by atoms with Crippen molar-refractivity contribution in [2.24, 2.45) is 0 Å². The van der Waals surface area contributed by atoms with Crippen molar-refractivity contribution in [3.63, 3.8) is 0 Å². The van der Waals surface area contributed by atoms with Gasteiger partial charge in [-0.15, -0.1) is 0 Å². The van der Waals surface area contributed by atoms with Gasteiger partial charge < -0.3 is 24.1 Å². The third kappa shape index (κ3) is 6.85. The van der Waals surface area contributed by atoms with E-state index in [2.05, 4.69) is 0 Å². The highest BCUT2D eigenvalue weighted by Gasteiger charge is 2.57. The van der Waals surface area contributed by atoms with Crippen LogP contribution in [-0.4, -0.2) is 86.0 Å². The Morgan fingerprint density at radius 1 is 1.00 bits per heavy atom. The summed E-state index contributed by atoms with van der Waals surface area (Å²) >= 11 is 0. The van der Waals surface area contributed by atoms with Crippen molar-refractivity contribution in [3.8, 4) is 5.75 Å². The fourth-order valence-corrected chi connectivity index (χ4v) is 3.68. The maximum absolute atomic E-state index is 11.5. The van der Waals surface area contributed by atoms with Crippen LogP contribution in [-0.2, 0) is 49.4 Å². The van der Waals surface area contributed by atoms with E-state index in [0.717, 1.165) is 12.5 Å². The average Bonchev–Trinajstić information content (AvgIpc) is 2.94. The predicted octanol–water partition coefficient (Wildman–Crippen LogP) is -0.365. The zero-order valence-corrected chi connectivity index (χ0v) is 18.6. The summed E-state index contributed by atoms with van der Waals surface area (Å²) in [6.45, 7) is -1.33. The van der Waals surface area contributed by atoms with E-state index in [0.29, 0.717) is 11.3 Å². The zero-order valence-electron chi connectivity index (χ0n) is 17.0. The van der Waals surface area contributed by atoms with Gasteiger partial charge in [0.1, 0.15) is 36.8 Å². The SMILES string of the molecule is COc1ccc(CO[C@@H]2[C@H](O)[C@@H](OC)OC2(COS(C)(=O)=O)COS(C)(=O)=O)cc1. The lowest BCUT2D eigenvalue weighted by atomic mass is 9.97. The van der Waals surface area contributed by atoms with Crippen LogP contribution in [0.1, 0.15) is 5.56 Å². The van der Waals surface area contributed by atoms with Gasteiger partial charge in [-0.05, 0) is 17.7 Å². The molecule has 0 aromatic heterocycles. The molecule has 0 amide bonds. The molecule has 1 fully saturated rings. The molecule has 2 rings (SSSR count). The van der Waals surface area contributed by atoms with Gasteiger partial charge in [0.2, 0.25) is 0 Å². The second-order valence-corrected chi connectivity index (χ2v) is 10.1. The Hall–Kier alpha value is -1.32. The lowest BCUT2D eigenvalue weighted by molar-refractivity contribution is -0.196. The maximum Gasteiger partial charge on any atom is 0.264 e. The Balaban J connectivity index is 2.29. The van der Waals surface area contributed by atoms with Gasteiger partial charge in [-0.25, -0.2) is 0 Å². The van der Waals surface area contributed by atoms with Crippen LogP contribution in [0.4, 0.5) is 0 Å². The molecular formula is C17H26O11S2. The molecule has 13 heteroatoms. The van der Waals surface area contributed by atoms with Crippen LogP contribution in [0.25, 0.3) is 0 Å². The third-order valence-corrected chi connectivity index (χ3v) is 5.41. The van der Waals surface area contributed by atoms with E-state index in [1.807, 2.05) is 0 Å². The highest BCUT2D eigenvalue weighted by atomic mass is 32.2. The summed E-state index contributed by atoms with van der Waals surface area (Å²) in [6, 6.07) is 6.89. The van der Waals surface area contributed by atoms with E-state index in [1.54, 1.807) is 24.3 Å². The highest BCUT2D eigenvalue weighted by Crippen LogP contribution is 2.36. The Labute approximate surface area is 176 Å². The molecule has 0 bridgehead atoms. The molecule has 30 heavy (non-hydrogen) atoms. The lowest BCUT2D eigenvalue weighted by Gasteiger charge is -2.33. The van der Waals surface area contributed by atoms with Gasteiger partial charge in [0.25, 0.3) is 20.2 Å². The normalized spacial score (nSPS) is 24.1. The van der Waals surface area contributed by atoms with Crippen LogP contribution < -0.4 is 4.74 Å². The number of rotatable bonds is 11. The molecule has 1 aliphatic rings. The number of hydrogen-bond acceptors (Lipinski definition) is 11. The quantitative estimate of drug-likeness (QED) is 0.423. The second kappa shape index (κ2) is 9.87. The van der Waals surface area contributed by atoms with Crippen molar-refractivity contribution in [2.45, 2.75) is 30.7 Å². The first kappa shape index (κ1) is 24.9. The molecule has 1 aromatic carbocycles. The van der Waals surface area contributed by atoms with Gasteiger partial charge in [0.05, 0.1) is 26.2 Å². The fourth-order valence-electron chi connectivity index (χ4n) is 2.86. The molecule has 1 saturated heterocycles. The third-order valence-electron chi connectivity index (χ3n) is 4.31. The van der Waals surface area contributed by atoms with Gasteiger partial charge in [-0.3, -0.25) is 8.37 Å². The largest absolute Gasteiger partial charge is 0.497 e. The van der Waals surface area contributed by atoms with Crippen molar-refractivity contribution in [1.82, 2.24) is 0 Å². The van der Waals surface area contributed by atoms with Crippen LogP contribution >= 0.6 is 0 Å². The molecular weight excluding hydrogens is 444 g/mol. The molecule has 0 aliphatic carbocycles. The first-order chi connectivity index (χ1) is 13.9. The van der Waals surface area contributed by atoms with E-state index >= 15 is 0 Å².